The monoisotopic (exact) mass is 411 g/mol. The highest BCUT2D eigenvalue weighted by atomic mass is 35.5. The molecule has 0 bridgehead atoms. The van der Waals surface area contributed by atoms with Crippen molar-refractivity contribution >= 4 is 29.1 Å². The quantitative estimate of drug-likeness (QED) is 0.759. The van der Waals surface area contributed by atoms with Gasteiger partial charge < -0.3 is 10.2 Å². The molecule has 3 aliphatic rings. The normalized spacial score (nSPS) is 19.9. The molecule has 1 saturated heterocycles. The third-order valence-corrected chi connectivity index (χ3v) is 5.62. The molecule has 3 heterocycles. The molecule has 0 amide bonds. The molecule has 0 radical (unpaired) electrons. The topological polar surface area (TPSA) is 43.2 Å². The Kier molecular flexibility index (Phi) is 4.87. The number of aliphatic imine (C=N–C) groups is 2. The maximum Gasteiger partial charge on any atom is 0.417 e. The van der Waals surface area contributed by atoms with Gasteiger partial charge in [-0.05, 0) is 31.1 Å². The van der Waals surface area contributed by atoms with Crippen LogP contribution in [0, 0.1) is 0 Å². The summed E-state index contributed by atoms with van der Waals surface area (Å²) in [5.74, 6) is 1.23. The Labute approximate surface area is 166 Å². The Morgan fingerprint density at radius 3 is 2.54 bits per heavy atom. The van der Waals surface area contributed by atoms with Crippen molar-refractivity contribution in [1.82, 2.24) is 15.1 Å². The fourth-order valence-electron chi connectivity index (χ4n) is 3.74. The van der Waals surface area contributed by atoms with Crippen LogP contribution in [0.25, 0.3) is 0 Å². The van der Waals surface area contributed by atoms with Crippen molar-refractivity contribution in [3.63, 3.8) is 0 Å². The molecule has 1 N–H and O–H groups in total. The number of allylic oxidation sites excluding steroid dienone is 1. The summed E-state index contributed by atoms with van der Waals surface area (Å²) in [6.07, 6.45) is -3.70. The minimum atomic E-state index is -4.53. The summed E-state index contributed by atoms with van der Waals surface area (Å²) < 4.78 is 40.2. The molecule has 1 aromatic carbocycles. The molecular formula is C19H21ClF3N5. The Morgan fingerprint density at radius 1 is 1.18 bits per heavy atom. The number of amidine groups is 1. The van der Waals surface area contributed by atoms with Crippen LogP contribution in [-0.2, 0) is 6.18 Å². The molecule has 9 heteroatoms. The largest absolute Gasteiger partial charge is 0.417 e. The number of rotatable bonds is 1. The lowest BCUT2D eigenvalue weighted by atomic mass is 10.0. The van der Waals surface area contributed by atoms with Crippen LogP contribution in [0.2, 0.25) is 5.02 Å². The van der Waals surface area contributed by atoms with Crippen molar-refractivity contribution in [2.75, 3.05) is 32.7 Å². The van der Waals surface area contributed by atoms with Crippen LogP contribution >= 0.6 is 11.6 Å². The molecule has 0 atom stereocenters. The van der Waals surface area contributed by atoms with E-state index < -0.39 is 11.7 Å². The predicted molar refractivity (Wildman–Crippen MR) is 104 cm³/mol. The van der Waals surface area contributed by atoms with Crippen molar-refractivity contribution < 1.29 is 13.2 Å². The van der Waals surface area contributed by atoms with Gasteiger partial charge in [0.05, 0.1) is 22.8 Å². The van der Waals surface area contributed by atoms with E-state index in [-0.39, 0.29) is 5.02 Å². The fraction of sp³-hybridized carbons (Fsp3) is 0.474. The first-order chi connectivity index (χ1) is 13.3. The number of piperazine rings is 1. The second-order valence-electron chi connectivity index (χ2n) is 7.06. The third-order valence-electron chi connectivity index (χ3n) is 5.31. The number of guanidine groups is 1. The second-order valence-corrected chi connectivity index (χ2v) is 7.47. The molecule has 1 fully saturated rings. The Morgan fingerprint density at radius 2 is 1.89 bits per heavy atom. The van der Waals surface area contributed by atoms with Gasteiger partial charge in [-0.1, -0.05) is 18.5 Å². The molecule has 150 valence electrons. The zero-order valence-corrected chi connectivity index (χ0v) is 16.5. The molecule has 3 aliphatic heterocycles. The predicted octanol–water partition coefficient (Wildman–Crippen LogP) is 4.01. The molecule has 5 nitrogen and oxygen atoms in total. The van der Waals surface area contributed by atoms with E-state index in [1.54, 1.807) is 0 Å². The molecule has 0 unspecified atom stereocenters. The van der Waals surface area contributed by atoms with E-state index in [2.05, 4.69) is 22.1 Å². The average Bonchev–Trinajstić information content (AvgIpc) is 2.66. The van der Waals surface area contributed by atoms with Crippen LogP contribution in [-0.4, -0.2) is 54.3 Å². The molecule has 1 aromatic rings. The number of fused-ring (bicyclic) bond motifs is 3. The number of hydrogen-bond donors (Lipinski definition) is 1. The standard InChI is InChI=1S/C19H21ClF3N5/c1-3-12-10-28-17(25-11(12)2)13-8-14(19(21,22)23)15(20)9-16(13)26-18(28)27-6-4-24-5-7-27/h8-9,24H,3-7,10H2,1-2H3. The SMILES string of the molecule is CCC1=C(C)N=C2c3cc(C(F)(F)F)c(Cl)cc3N=C(N3CCNCC3)N2C1. The molecule has 4 rings (SSSR count). The maximum atomic E-state index is 13.4. The summed E-state index contributed by atoms with van der Waals surface area (Å²) >= 11 is 5.95. The van der Waals surface area contributed by atoms with Crippen LogP contribution in [0.3, 0.4) is 0 Å². The summed E-state index contributed by atoms with van der Waals surface area (Å²) in [5.41, 5.74) is 1.93. The van der Waals surface area contributed by atoms with E-state index in [0.29, 0.717) is 23.6 Å². The third kappa shape index (κ3) is 3.28. The van der Waals surface area contributed by atoms with Crippen molar-refractivity contribution in [1.29, 1.82) is 0 Å². The lowest BCUT2D eigenvalue weighted by Gasteiger charge is -2.41. The number of benzene rings is 1. The van der Waals surface area contributed by atoms with Crippen molar-refractivity contribution in [3.8, 4) is 0 Å². The van der Waals surface area contributed by atoms with Gasteiger partial charge in [0.25, 0.3) is 0 Å². The van der Waals surface area contributed by atoms with Gasteiger partial charge in [-0.15, -0.1) is 0 Å². The lowest BCUT2D eigenvalue weighted by molar-refractivity contribution is -0.137. The summed E-state index contributed by atoms with van der Waals surface area (Å²) in [5, 5.41) is 2.96. The van der Waals surface area contributed by atoms with E-state index in [1.807, 2.05) is 11.8 Å². The van der Waals surface area contributed by atoms with Crippen LogP contribution in [0.1, 0.15) is 31.4 Å². The van der Waals surface area contributed by atoms with Crippen molar-refractivity contribution in [3.05, 3.63) is 39.6 Å². The van der Waals surface area contributed by atoms with Gasteiger partial charge in [0, 0.05) is 37.4 Å². The summed E-state index contributed by atoms with van der Waals surface area (Å²) in [6, 6.07) is 2.38. The molecule has 0 aliphatic carbocycles. The first-order valence-electron chi connectivity index (χ1n) is 9.30. The van der Waals surface area contributed by atoms with E-state index in [9.17, 15) is 13.2 Å². The smallest absolute Gasteiger partial charge is 0.340 e. The first kappa shape index (κ1) is 19.3. The minimum Gasteiger partial charge on any atom is -0.340 e. The second kappa shape index (κ2) is 7.08. The van der Waals surface area contributed by atoms with Crippen LogP contribution < -0.4 is 5.32 Å². The fourth-order valence-corrected chi connectivity index (χ4v) is 4.01. The number of halogens is 4. The average molecular weight is 412 g/mol. The van der Waals surface area contributed by atoms with Crippen LogP contribution in [0.15, 0.2) is 33.4 Å². The van der Waals surface area contributed by atoms with E-state index in [0.717, 1.165) is 55.9 Å². The zero-order valence-electron chi connectivity index (χ0n) is 15.7. The number of nitrogens with zero attached hydrogens (tertiary/aromatic N) is 4. The van der Waals surface area contributed by atoms with E-state index in [4.69, 9.17) is 16.6 Å². The van der Waals surface area contributed by atoms with Gasteiger partial charge in [0.2, 0.25) is 5.96 Å². The highest BCUT2D eigenvalue weighted by molar-refractivity contribution is 6.32. The van der Waals surface area contributed by atoms with Gasteiger partial charge in [0.15, 0.2) is 0 Å². The van der Waals surface area contributed by atoms with Crippen molar-refractivity contribution in [2.24, 2.45) is 9.98 Å². The van der Waals surface area contributed by atoms with Crippen molar-refractivity contribution in [2.45, 2.75) is 26.4 Å². The van der Waals surface area contributed by atoms with Gasteiger partial charge >= 0.3 is 6.18 Å². The van der Waals surface area contributed by atoms with Crippen LogP contribution in [0.5, 0.6) is 0 Å². The van der Waals surface area contributed by atoms with Gasteiger partial charge in [-0.2, -0.15) is 13.2 Å². The lowest BCUT2D eigenvalue weighted by Crippen LogP contribution is -2.55. The summed E-state index contributed by atoms with van der Waals surface area (Å²) in [7, 11) is 0. The Balaban J connectivity index is 1.90. The van der Waals surface area contributed by atoms with Gasteiger partial charge in [-0.25, -0.2) is 9.98 Å². The Bertz CT molecular complexity index is 898. The zero-order chi connectivity index (χ0) is 20.1. The minimum absolute atomic E-state index is 0.346. The number of alkyl halides is 3. The Hall–Kier alpha value is -2.06. The molecule has 0 saturated carbocycles. The van der Waals surface area contributed by atoms with Crippen LogP contribution in [0.4, 0.5) is 18.9 Å². The summed E-state index contributed by atoms with van der Waals surface area (Å²) in [6.45, 7) is 7.74. The highest BCUT2D eigenvalue weighted by Crippen LogP contribution is 2.41. The van der Waals surface area contributed by atoms with Gasteiger partial charge in [0.1, 0.15) is 5.84 Å². The molecular weight excluding hydrogens is 391 g/mol. The number of nitrogens with one attached hydrogen (secondary N) is 1. The molecule has 0 aromatic heterocycles. The van der Waals surface area contributed by atoms with E-state index in [1.165, 1.54) is 6.07 Å². The maximum absolute atomic E-state index is 13.4. The number of hydrogen-bond acceptors (Lipinski definition) is 5. The first-order valence-corrected chi connectivity index (χ1v) is 9.67. The summed E-state index contributed by atoms with van der Waals surface area (Å²) in [4.78, 5) is 13.5. The van der Waals surface area contributed by atoms with Gasteiger partial charge in [-0.3, -0.25) is 4.90 Å². The van der Waals surface area contributed by atoms with E-state index >= 15 is 0 Å². The molecule has 0 spiro atoms. The molecule has 28 heavy (non-hydrogen) atoms. The highest BCUT2D eigenvalue weighted by Gasteiger charge is 2.38.